The van der Waals surface area contributed by atoms with Crippen molar-refractivity contribution in [2.24, 2.45) is 5.10 Å². The van der Waals surface area contributed by atoms with E-state index in [1.54, 1.807) is 4.90 Å². The smallest absolute Gasteiger partial charge is 0.332 e. The lowest BCUT2D eigenvalue weighted by atomic mass is 10.0. The highest BCUT2D eigenvalue weighted by Crippen LogP contribution is 2.27. The molecule has 4 rings (SSSR count). The van der Waals surface area contributed by atoms with Gasteiger partial charge in [0.1, 0.15) is 5.69 Å². The number of nitrogens with zero attached hydrogens (tertiary/aromatic N) is 4. The van der Waals surface area contributed by atoms with Gasteiger partial charge in [-0.1, -0.05) is 35.9 Å². The van der Waals surface area contributed by atoms with Crippen LogP contribution in [0.1, 0.15) is 35.2 Å². The third kappa shape index (κ3) is 4.58. The van der Waals surface area contributed by atoms with Crippen molar-refractivity contribution in [2.75, 3.05) is 13.1 Å². The molecule has 1 aromatic heterocycles. The number of urea groups is 1. The van der Waals surface area contributed by atoms with Crippen LogP contribution in [-0.4, -0.2) is 51.7 Å². The first kappa shape index (κ1) is 21.8. The maximum absolute atomic E-state index is 12.7. The fourth-order valence-electron chi connectivity index (χ4n) is 3.80. The molecule has 0 radical (unpaired) electrons. The Hall–Kier alpha value is -3.43. The van der Waals surface area contributed by atoms with E-state index in [1.807, 2.05) is 31.2 Å². The molecule has 1 fully saturated rings. The van der Waals surface area contributed by atoms with Gasteiger partial charge in [0.2, 0.25) is 5.91 Å². The van der Waals surface area contributed by atoms with Crippen LogP contribution in [0, 0.1) is 6.92 Å². The fraction of sp³-hybridized carbons (Fsp3) is 0.364. The van der Waals surface area contributed by atoms with Crippen LogP contribution < -0.4 is 5.32 Å². The second-order valence-corrected chi connectivity index (χ2v) is 7.85. The summed E-state index contributed by atoms with van der Waals surface area (Å²) in [7, 11) is 0. The molecule has 2 aliphatic rings. The van der Waals surface area contributed by atoms with Crippen LogP contribution in [0.3, 0.4) is 0 Å². The minimum atomic E-state index is -4.51. The minimum Gasteiger partial charge on any atom is -0.332 e. The minimum absolute atomic E-state index is 0.00314. The standard InChI is InChI=1S/C22H22F3N5O2/c1-14-4-7-16(8-5-14)20-17(29-10-2-3-19(29)31)13-30(28-20)21(32)27-12-15-6-9-18(26-11-15)22(23,24)25/h4-9,11,17H,2-3,10,12-13H2,1H3,(H,27,32). The van der Waals surface area contributed by atoms with E-state index in [2.05, 4.69) is 15.4 Å². The number of rotatable bonds is 4. The normalized spacial score (nSPS) is 18.8. The molecule has 1 aromatic carbocycles. The topological polar surface area (TPSA) is 77.9 Å². The van der Waals surface area contributed by atoms with E-state index in [0.717, 1.165) is 29.8 Å². The number of carbonyl (C=O) groups excluding carboxylic acids is 2. The monoisotopic (exact) mass is 445 g/mol. The van der Waals surface area contributed by atoms with Crippen molar-refractivity contribution in [1.29, 1.82) is 0 Å². The predicted molar refractivity (Wildman–Crippen MR) is 111 cm³/mol. The summed E-state index contributed by atoms with van der Waals surface area (Å²) in [6, 6.07) is 9.03. The molecule has 0 saturated carbocycles. The average Bonchev–Trinajstić information content (AvgIpc) is 3.38. The van der Waals surface area contributed by atoms with Gasteiger partial charge >= 0.3 is 12.2 Å². The number of pyridine rings is 1. The Labute approximate surface area is 182 Å². The summed E-state index contributed by atoms with van der Waals surface area (Å²) >= 11 is 0. The summed E-state index contributed by atoms with van der Waals surface area (Å²) in [6.45, 7) is 2.80. The van der Waals surface area contributed by atoms with Crippen molar-refractivity contribution in [1.82, 2.24) is 20.2 Å². The highest BCUT2D eigenvalue weighted by Gasteiger charge is 2.39. The molecule has 7 nitrogen and oxygen atoms in total. The summed E-state index contributed by atoms with van der Waals surface area (Å²) in [6.07, 6.45) is -2.19. The molecule has 2 aromatic rings. The summed E-state index contributed by atoms with van der Waals surface area (Å²) in [5, 5.41) is 8.41. The Balaban J connectivity index is 1.48. The first-order valence-corrected chi connectivity index (χ1v) is 10.2. The van der Waals surface area contributed by atoms with Crippen LogP contribution >= 0.6 is 0 Å². The van der Waals surface area contributed by atoms with E-state index < -0.39 is 17.9 Å². The van der Waals surface area contributed by atoms with Gasteiger partial charge in [-0.05, 0) is 30.5 Å². The molecule has 2 aliphatic heterocycles. The zero-order valence-electron chi connectivity index (χ0n) is 17.4. The molecule has 168 valence electrons. The van der Waals surface area contributed by atoms with E-state index in [1.165, 1.54) is 11.1 Å². The van der Waals surface area contributed by atoms with Crippen LogP contribution in [0.4, 0.5) is 18.0 Å². The lowest BCUT2D eigenvalue weighted by Crippen LogP contribution is -2.45. The van der Waals surface area contributed by atoms with Crippen molar-refractivity contribution in [3.8, 4) is 0 Å². The van der Waals surface area contributed by atoms with Gasteiger partial charge in [0.25, 0.3) is 0 Å². The highest BCUT2D eigenvalue weighted by atomic mass is 19.4. The summed E-state index contributed by atoms with van der Waals surface area (Å²) in [5.41, 5.74) is 2.01. The molecule has 3 amide bonds. The van der Waals surface area contributed by atoms with E-state index in [4.69, 9.17) is 0 Å². The van der Waals surface area contributed by atoms with E-state index >= 15 is 0 Å². The number of hydrazone groups is 1. The zero-order valence-corrected chi connectivity index (χ0v) is 17.4. The Kier molecular flexibility index (Phi) is 5.86. The molecule has 0 aliphatic carbocycles. The number of likely N-dealkylation sites (tertiary alicyclic amines) is 1. The number of hydrogen-bond acceptors (Lipinski definition) is 4. The van der Waals surface area contributed by atoms with Crippen LogP contribution in [0.15, 0.2) is 47.7 Å². The van der Waals surface area contributed by atoms with Gasteiger partial charge in [-0.25, -0.2) is 9.80 Å². The van der Waals surface area contributed by atoms with Crippen molar-refractivity contribution < 1.29 is 22.8 Å². The first-order chi connectivity index (χ1) is 15.2. The maximum atomic E-state index is 12.7. The SMILES string of the molecule is Cc1ccc(C2=NN(C(=O)NCc3ccc(C(F)(F)F)nc3)CC2N2CCCC2=O)cc1. The number of halogens is 3. The molecule has 3 heterocycles. The molecule has 1 unspecified atom stereocenters. The van der Waals surface area contributed by atoms with Gasteiger partial charge in [0.05, 0.1) is 18.3 Å². The Morgan fingerprint density at radius 2 is 1.94 bits per heavy atom. The number of nitrogens with one attached hydrogen (secondary N) is 1. The number of amides is 3. The van der Waals surface area contributed by atoms with E-state index in [0.29, 0.717) is 24.2 Å². The molecule has 1 atom stereocenters. The first-order valence-electron chi connectivity index (χ1n) is 10.2. The lowest BCUT2D eigenvalue weighted by molar-refractivity contribution is -0.141. The van der Waals surface area contributed by atoms with Gasteiger partial charge in [-0.15, -0.1) is 0 Å². The van der Waals surface area contributed by atoms with E-state index in [9.17, 15) is 22.8 Å². The Bertz CT molecular complexity index is 1040. The van der Waals surface area contributed by atoms with E-state index in [-0.39, 0.29) is 25.0 Å². The molecule has 0 spiro atoms. The van der Waals surface area contributed by atoms with Gasteiger partial charge in [-0.3, -0.25) is 9.78 Å². The number of aryl methyl sites for hydroxylation is 1. The van der Waals surface area contributed by atoms with Crippen LogP contribution in [0.2, 0.25) is 0 Å². The predicted octanol–water partition coefficient (Wildman–Crippen LogP) is 3.33. The van der Waals surface area contributed by atoms with Gasteiger partial charge < -0.3 is 10.2 Å². The summed E-state index contributed by atoms with van der Waals surface area (Å²) < 4.78 is 37.9. The number of alkyl halides is 3. The molecule has 1 saturated heterocycles. The third-order valence-corrected chi connectivity index (χ3v) is 5.52. The number of benzene rings is 1. The number of carbonyl (C=O) groups is 2. The number of hydrogen-bond donors (Lipinski definition) is 1. The Morgan fingerprint density at radius 1 is 1.19 bits per heavy atom. The molecular weight excluding hydrogens is 423 g/mol. The second-order valence-electron chi connectivity index (χ2n) is 7.85. The fourth-order valence-corrected chi connectivity index (χ4v) is 3.80. The maximum Gasteiger partial charge on any atom is 0.433 e. The van der Waals surface area contributed by atoms with Crippen LogP contribution in [-0.2, 0) is 17.5 Å². The summed E-state index contributed by atoms with van der Waals surface area (Å²) in [4.78, 5) is 30.2. The molecule has 1 N–H and O–H groups in total. The molecular formula is C22H22F3N5O2. The van der Waals surface area contributed by atoms with Crippen LogP contribution in [0.5, 0.6) is 0 Å². The third-order valence-electron chi connectivity index (χ3n) is 5.52. The van der Waals surface area contributed by atoms with Crippen LogP contribution in [0.25, 0.3) is 0 Å². The quantitative estimate of drug-likeness (QED) is 0.784. The van der Waals surface area contributed by atoms with Crippen molar-refractivity contribution >= 4 is 17.6 Å². The average molecular weight is 445 g/mol. The van der Waals surface area contributed by atoms with Crippen molar-refractivity contribution in [3.63, 3.8) is 0 Å². The highest BCUT2D eigenvalue weighted by molar-refractivity contribution is 6.08. The Morgan fingerprint density at radius 3 is 2.53 bits per heavy atom. The van der Waals surface area contributed by atoms with Gasteiger partial charge in [0.15, 0.2) is 0 Å². The second kappa shape index (κ2) is 8.60. The molecule has 0 bridgehead atoms. The molecule has 32 heavy (non-hydrogen) atoms. The van der Waals surface area contributed by atoms with Gasteiger partial charge in [-0.2, -0.15) is 18.3 Å². The lowest BCUT2D eigenvalue weighted by Gasteiger charge is -2.25. The zero-order chi connectivity index (χ0) is 22.9. The molecule has 10 heteroatoms. The van der Waals surface area contributed by atoms with Crippen molar-refractivity contribution in [3.05, 3.63) is 65.0 Å². The largest absolute Gasteiger partial charge is 0.433 e. The van der Waals surface area contributed by atoms with Gasteiger partial charge in [0, 0.05) is 25.7 Å². The van der Waals surface area contributed by atoms with Crippen molar-refractivity contribution in [2.45, 2.75) is 38.5 Å². The number of aromatic nitrogens is 1. The summed E-state index contributed by atoms with van der Waals surface area (Å²) in [5.74, 6) is 0.0351.